The number of hydrogen-bond acceptors (Lipinski definition) is 2. The van der Waals surface area contributed by atoms with Gasteiger partial charge < -0.3 is 9.64 Å². The van der Waals surface area contributed by atoms with Crippen molar-refractivity contribution in [3.63, 3.8) is 0 Å². The monoisotopic (exact) mass is 309 g/mol. The Morgan fingerprint density at radius 2 is 1.65 bits per heavy atom. The number of amides is 1. The van der Waals surface area contributed by atoms with E-state index in [4.69, 9.17) is 4.74 Å². The maximum absolute atomic E-state index is 12.7. The summed E-state index contributed by atoms with van der Waals surface area (Å²) in [4.78, 5) is 14.6. The molecule has 3 heteroatoms. The molecule has 3 nitrogen and oxygen atoms in total. The summed E-state index contributed by atoms with van der Waals surface area (Å²) in [6, 6.07) is 17.8. The molecule has 1 unspecified atom stereocenters. The first-order chi connectivity index (χ1) is 10.9. The highest BCUT2D eigenvalue weighted by Crippen LogP contribution is 2.33. The summed E-state index contributed by atoms with van der Waals surface area (Å²) in [6.45, 7) is 6.83. The number of carbonyl (C=O) groups is 1. The molecular formula is C20H23NO2. The largest absolute Gasteiger partial charge is 0.488 e. The minimum Gasteiger partial charge on any atom is -0.488 e. The molecule has 2 aromatic carbocycles. The van der Waals surface area contributed by atoms with Gasteiger partial charge >= 0.3 is 0 Å². The van der Waals surface area contributed by atoms with Crippen molar-refractivity contribution in [1.82, 2.24) is 0 Å². The Kier molecular flexibility index (Phi) is 4.12. The lowest BCUT2D eigenvalue weighted by Gasteiger charge is -2.22. The SMILES string of the molecule is CC(C)(C)Oc1ccc(N2CCC(c3ccccc3)C2=O)cc1. The van der Waals surface area contributed by atoms with Crippen molar-refractivity contribution in [2.24, 2.45) is 0 Å². The van der Waals surface area contributed by atoms with Crippen LogP contribution < -0.4 is 9.64 Å². The fourth-order valence-corrected chi connectivity index (χ4v) is 2.98. The highest BCUT2D eigenvalue weighted by atomic mass is 16.5. The number of rotatable bonds is 3. The zero-order chi connectivity index (χ0) is 16.4. The second kappa shape index (κ2) is 6.07. The van der Waals surface area contributed by atoms with E-state index in [1.807, 2.05) is 80.3 Å². The first-order valence-corrected chi connectivity index (χ1v) is 8.09. The summed E-state index contributed by atoms with van der Waals surface area (Å²) in [7, 11) is 0. The average molecular weight is 309 g/mol. The molecule has 0 aliphatic carbocycles. The van der Waals surface area contributed by atoms with Crippen molar-refractivity contribution in [2.45, 2.75) is 38.7 Å². The molecule has 1 aliphatic rings. The zero-order valence-electron chi connectivity index (χ0n) is 14.0. The number of hydrogen-bond donors (Lipinski definition) is 0. The molecule has 1 atom stereocenters. The normalized spacial score (nSPS) is 18.3. The van der Waals surface area contributed by atoms with Crippen molar-refractivity contribution >= 4 is 11.6 Å². The molecule has 1 fully saturated rings. The highest BCUT2D eigenvalue weighted by Gasteiger charge is 2.33. The Labute approximate surface area is 137 Å². The van der Waals surface area contributed by atoms with Crippen molar-refractivity contribution < 1.29 is 9.53 Å². The Balaban J connectivity index is 1.74. The van der Waals surface area contributed by atoms with Crippen LogP contribution in [0.3, 0.4) is 0 Å². The van der Waals surface area contributed by atoms with E-state index in [-0.39, 0.29) is 17.4 Å². The molecule has 0 spiro atoms. The number of benzene rings is 2. The predicted molar refractivity (Wildman–Crippen MR) is 93.0 cm³/mol. The van der Waals surface area contributed by atoms with Crippen LogP contribution in [-0.4, -0.2) is 18.1 Å². The van der Waals surface area contributed by atoms with Crippen LogP contribution in [0.5, 0.6) is 5.75 Å². The van der Waals surface area contributed by atoms with E-state index in [1.165, 1.54) is 0 Å². The second-order valence-electron chi connectivity index (χ2n) is 6.95. The smallest absolute Gasteiger partial charge is 0.234 e. The second-order valence-corrected chi connectivity index (χ2v) is 6.95. The maximum atomic E-state index is 12.7. The Morgan fingerprint density at radius 1 is 1.00 bits per heavy atom. The molecule has 0 bridgehead atoms. The van der Waals surface area contributed by atoms with Gasteiger partial charge in [0.15, 0.2) is 0 Å². The van der Waals surface area contributed by atoms with Crippen LogP contribution >= 0.6 is 0 Å². The molecule has 3 rings (SSSR count). The minimum atomic E-state index is -0.219. The molecule has 0 radical (unpaired) electrons. The standard InChI is InChI=1S/C20H23NO2/c1-20(2,3)23-17-11-9-16(10-12-17)21-14-13-18(19(21)22)15-7-5-4-6-8-15/h4-12,18H,13-14H2,1-3H3. The fourth-order valence-electron chi connectivity index (χ4n) is 2.98. The summed E-state index contributed by atoms with van der Waals surface area (Å²) >= 11 is 0. The van der Waals surface area contributed by atoms with Crippen LogP contribution in [0, 0.1) is 0 Å². The minimum absolute atomic E-state index is 0.0262. The summed E-state index contributed by atoms with van der Waals surface area (Å²) in [5, 5.41) is 0. The van der Waals surface area contributed by atoms with E-state index in [2.05, 4.69) is 0 Å². The Bertz CT molecular complexity index is 671. The van der Waals surface area contributed by atoms with E-state index in [0.717, 1.165) is 30.0 Å². The first-order valence-electron chi connectivity index (χ1n) is 8.09. The maximum Gasteiger partial charge on any atom is 0.234 e. The topological polar surface area (TPSA) is 29.5 Å². The number of nitrogens with zero attached hydrogens (tertiary/aromatic N) is 1. The summed E-state index contributed by atoms with van der Waals surface area (Å²) < 4.78 is 5.83. The van der Waals surface area contributed by atoms with Crippen LogP contribution in [0.15, 0.2) is 54.6 Å². The van der Waals surface area contributed by atoms with Gasteiger partial charge in [-0.1, -0.05) is 30.3 Å². The molecule has 0 N–H and O–H groups in total. The molecule has 1 aliphatic heterocycles. The molecule has 0 saturated carbocycles. The Morgan fingerprint density at radius 3 is 2.26 bits per heavy atom. The van der Waals surface area contributed by atoms with Crippen molar-refractivity contribution in [3.8, 4) is 5.75 Å². The molecule has 1 heterocycles. The van der Waals surface area contributed by atoms with E-state index in [0.29, 0.717) is 0 Å². The van der Waals surface area contributed by atoms with Crippen molar-refractivity contribution in [2.75, 3.05) is 11.4 Å². The van der Waals surface area contributed by atoms with Crippen molar-refractivity contribution in [1.29, 1.82) is 0 Å². The van der Waals surface area contributed by atoms with Gasteiger partial charge in [0.2, 0.25) is 5.91 Å². The first kappa shape index (κ1) is 15.6. The molecule has 23 heavy (non-hydrogen) atoms. The van der Waals surface area contributed by atoms with Gasteiger partial charge in [0.25, 0.3) is 0 Å². The van der Waals surface area contributed by atoms with Crippen LogP contribution in [0.1, 0.15) is 38.7 Å². The summed E-state index contributed by atoms with van der Waals surface area (Å²) in [6.07, 6.45) is 0.864. The third kappa shape index (κ3) is 3.55. The predicted octanol–water partition coefficient (Wildman–Crippen LogP) is 4.38. The molecule has 2 aromatic rings. The van der Waals surface area contributed by atoms with Gasteiger partial charge in [0.1, 0.15) is 11.4 Å². The van der Waals surface area contributed by atoms with Gasteiger partial charge in [-0.05, 0) is 57.0 Å². The van der Waals surface area contributed by atoms with Gasteiger partial charge in [-0.2, -0.15) is 0 Å². The van der Waals surface area contributed by atoms with Gasteiger partial charge in [0, 0.05) is 12.2 Å². The van der Waals surface area contributed by atoms with Crippen LogP contribution in [0.25, 0.3) is 0 Å². The molecule has 1 amide bonds. The van der Waals surface area contributed by atoms with E-state index in [1.54, 1.807) is 0 Å². The summed E-state index contributed by atoms with van der Waals surface area (Å²) in [5.74, 6) is 0.981. The van der Waals surface area contributed by atoms with Gasteiger partial charge in [-0.3, -0.25) is 4.79 Å². The fraction of sp³-hybridized carbons (Fsp3) is 0.350. The zero-order valence-corrected chi connectivity index (χ0v) is 14.0. The van der Waals surface area contributed by atoms with E-state index < -0.39 is 0 Å². The third-order valence-corrected chi connectivity index (χ3v) is 3.98. The Hall–Kier alpha value is -2.29. The van der Waals surface area contributed by atoms with Crippen LogP contribution in [-0.2, 0) is 4.79 Å². The molecule has 120 valence electrons. The average Bonchev–Trinajstić information content (AvgIpc) is 2.89. The van der Waals surface area contributed by atoms with Crippen LogP contribution in [0.4, 0.5) is 5.69 Å². The molecular weight excluding hydrogens is 286 g/mol. The van der Waals surface area contributed by atoms with E-state index >= 15 is 0 Å². The lowest BCUT2D eigenvalue weighted by molar-refractivity contribution is -0.118. The lowest BCUT2D eigenvalue weighted by Crippen LogP contribution is -2.26. The number of carbonyl (C=O) groups excluding carboxylic acids is 1. The van der Waals surface area contributed by atoms with Crippen LogP contribution in [0.2, 0.25) is 0 Å². The lowest BCUT2D eigenvalue weighted by atomic mass is 9.98. The molecule has 1 saturated heterocycles. The highest BCUT2D eigenvalue weighted by molar-refractivity contribution is 6.00. The summed E-state index contributed by atoms with van der Waals surface area (Å²) in [5.41, 5.74) is 1.83. The van der Waals surface area contributed by atoms with Crippen molar-refractivity contribution in [3.05, 3.63) is 60.2 Å². The third-order valence-electron chi connectivity index (χ3n) is 3.98. The van der Waals surface area contributed by atoms with Gasteiger partial charge in [-0.25, -0.2) is 0 Å². The van der Waals surface area contributed by atoms with E-state index in [9.17, 15) is 4.79 Å². The number of anilines is 1. The molecule has 0 aromatic heterocycles. The van der Waals surface area contributed by atoms with Gasteiger partial charge in [0.05, 0.1) is 5.92 Å². The quantitative estimate of drug-likeness (QED) is 0.842. The number of ether oxygens (including phenoxy) is 1. The van der Waals surface area contributed by atoms with Gasteiger partial charge in [-0.15, -0.1) is 0 Å².